The monoisotopic (exact) mass is 1000 g/mol. The van der Waals surface area contributed by atoms with Crippen LogP contribution in [0.1, 0.15) is 88.0 Å². The molecule has 0 saturated carbocycles. The third kappa shape index (κ3) is 27.0. The molecule has 25 nitrogen and oxygen atoms in total. The lowest BCUT2D eigenvalue weighted by Gasteiger charge is -2.45. The number of hydrogen-bond acceptors (Lipinski definition) is 18. The highest BCUT2D eigenvalue weighted by Gasteiger charge is 2.51. The van der Waals surface area contributed by atoms with Gasteiger partial charge in [0.2, 0.25) is 41.9 Å². The zero-order chi connectivity index (χ0) is 52.6. The van der Waals surface area contributed by atoms with Crippen LogP contribution in [-0.4, -0.2) is 182 Å². The molecule has 0 aromatic heterocycles. The first kappa shape index (κ1) is 62.5. The van der Waals surface area contributed by atoms with Crippen LogP contribution in [-0.2, 0) is 85.8 Å². The maximum Gasteiger partial charge on any atom is 0.303 e. The molecule has 7 N–H and O–H groups in total. The van der Waals surface area contributed by atoms with E-state index in [0.717, 1.165) is 13.8 Å². The van der Waals surface area contributed by atoms with Crippen LogP contribution >= 0.6 is 0 Å². The Balaban J connectivity index is 2.77. The van der Waals surface area contributed by atoms with E-state index >= 15 is 0 Å². The van der Waals surface area contributed by atoms with Crippen LogP contribution in [0.5, 0.6) is 0 Å². The number of nitrogens with one attached hydrogen (secondary N) is 7. The summed E-state index contributed by atoms with van der Waals surface area (Å²) < 4.78 is 46.1. The molecule has 8 atom stereocenters. The minimum Gasteiger partial charge on any atom is -0.463 e. The van der Waals surface area contributed by atoms with Gasteiger partial charge in [0.25, 0.3) is 0 Å². The molecule has 1 aliphatic heterocycles. The summed E-state index contributed by atoms with van der Waals surface area (Å²) in [7, 11) is 0. The smallest absolute Gasteiger partial charge is 0.303 e. The van der Waals surface area contributed by atoms with E-state index in [1.54, 1.807) is 13.8 Å². The summed E-state index contributed by atoms with van der Waals surface area (Å²) in [5.74, 6) is -4.76. The van der Waals surface area contributed by atoms with Crippen LogP contribution in [0.2, 0.25) is 0 Å². The lowest BCUT2D eigenvalue weighted by atomic mass is 9.79. The molecule has 0 radical (unpaired) electrons. The van der Waals surface area contributed by atoms with Gasteiger partial charge in [-0.05, 0) is 19.3 Å². The van der Waals surface area contributed by atoms with Crippen molar-refractivity contribution < 1.29 is 85.8 Å². The Morgan fingerprint density at radius 3 is 1.51 bits per heavy atom. The minimum atomic E-state index is -1.30. The van der Waals surface area contributed by atoms with Gasteiger partial charge in [-0.1, -0.05) is 20.8 Å². The maximum atomic E-state index is 13.1. The highest BCUT2D eigenvalue weighted by Crippen LogP contribution is 2.31. The molecule has 8 unspecified atom stereocenters. The summed E-state index contributed by atoms with van der Waals surface area (Å²) in [6.07, 6.45) is -4.91. The van der Waals surface area contributed by atoms with E-state index in [-0.39, 0.29) is 127 Å². The summed E-state index contributed by atoms with van der Waals surface area (Å²) in [5, 5.41) is 18.6. The van der Waals surface area contributed by atoms with Gasteiger partial charge >= 0.3 is 17.9 Å². The molecule has 400 valence electrons. The first-order valence-corrected chi connectivity index (χ1v) is 23.4. The second-order valence-corrected chi connectivity index (χ2v) is 17.1. The highest BCUT2D eigenvalue weighted by molar-refractivity contribution is 5.79. The molecule has 0 aliphatic carbocycles. The van der Waals surface area contributed by atoms with E-state index in [0.29, 0.717) is 19.5 Å². The number of carbonyl (C=O) groups is 10. The van der Waals surface area contributed by atoms with Gasteiger partial charge < -0.3 is 75.1 Å². The highest BCUT2D eigenvalue weighted by atomic mass is 16.7. The van der Waals surface area contributed by atoms with Gasteiger partial charge in [0, 0.05) is 104 Å². The normalized spacial score (nSPS) is 19.2. The van der Waals surface area contributed by atoms with E-state index in [9.17, 15) is 47.9 Å². The van der Waals surface area contributed by atoms with Gasteiger partial charge in [-0.2, -0.15) is 0 Å². The van der Waals surface area contributed by atoms with Gasteiger partial charge in [0.05, 0.1) is 45.7 Å². The van der Waals surface area contributed by atoms with Crippen molar-refractivity contribution in [3.8, 4) is 0 Å². The van der Waals surface area contributed by atoms with Crippen LogP contribution in [0.3, 0.4) is 0 Å². The van der Waals surface area contributed by atoms with E-state index in [2.05, 4.69) is 37.2 Å². The fourth-order valence-electron chi connectivity index (χ4n) is 6.84. The molecule has 0 bridgehead atoms. The molecule has 1 aliphatic rings. The zero-order valence-corrected chi connectivity index (χ0v) is 42.1. The quantitative estimate of drug-likeness (QED) is 0.0159. The zero-order valence-electron chi connectivity index (χ0n) is 42.1. The van der Waals surface area contributed by atoms with Crippen LogP contribution in [0.25, 0.3) is 0 Å². The Morgan fingerprint density at radius 2 is 1.07 bits per heavy atom. The fraction of sp³-hybridized carbons (Fsp3) is 0.778. The molecule has 1 fully saturated rings. The predicted octanol–water partition coefficient (Wildman–Crippen LogP) is -1.72. The van der Waals surface area contributed by atoms with Crippen molar-refractivity contribution >= 4 is 59.8 Å². The number of hydrogen-bond donors (Lipinski definition) is 7. The lowest BCUT2D eigenvalue weighted by molar-refractivity contribution is -0.287. The van der Waals surface area contributed by atoms with Gasteiger partial charge in [0.15, 0.2) is 18.5 Å². The van der Waals surface area contributed by atoms with E-state index < -0.39 is 78.5 Å². The molecule has 25 heteroatoms. The molecule has 0 aromatic rings. The molecule has 0 aromatic carbocycles. The van der Waals surface area contributed by atoms with Crippen molar-refractivity contribution in [2.75, 3.05) is 85.5 Å². The lowest BCUT2D eigenvalue weighted by Crippen LogP contribution is -2.67. The molecule has 0 spiro atoms. The molecule has 1 saturated heterocycles. The number of carbonyl (C=O) groups excluding carboxylic acids is 10. The van der Waals surface area contributed by atoms with E-state index in [4.69, 9.17) is 37.9 Å². The summed E-state index contributed by atoms with van der Waals surface area (Å²) in [4.78, 5) is 120. The third-order valence-corrected chi connectivity index (χ3v) is 10.6. The topological polar surface area (TPSA) is 329 Å². The summed E-state index contributed by atoms with van der Waals surface area (Å²) in [5.41, 5.74) is -0.725. The maximum absolute atomic E-state index is 13.1. The standard InChI is InChI=1S/C45H77N7O18/c1-28(2)45(24-63-19-10-37(59)48-14-13-46-27-53,25-64-20-11-38(60)49-16-15-47-31(5)54)26-65-21-12-39(61)50-17-18-51-43(62)29(3)22-30(4)67-44-40(52-32(6)55)42(69-35(9)58)41(68-34(8)57)36(70-44)23-66-33(7)56/h27-30,36,40-42,44H,10-26H2,1-9H3,(H,46,53)(H,47,54)(H,48,59)(H,49,60)(H,50,61)(H,51,62)(H,52,55). The van der Waals surface area contributed by atoms with Crippen LogP contribution in [0, 0.1) is 17.3 Å². The number of rotatable bonds is 36. The van der Waals surface area contributed by atoms with Crippen molar-refractivity contribution in [1.82, 2.24) is 37.2 Å². The largest absolute Gasteiger partial charge is 0.463 e. The van der Waals surface area contributed by atoms with Crippen molar-refractivity contribution in [2.24, 2.45) is 17.3 Å². The molecule has 70 heavy (non-hydrogen) atoms. The Labute approximate surface area is 409 Å². The third-order valence-electron chi connectivity index (χ3n) is 10.6. The number of ether oxygens (including phenoxy) is 8. The average Bonchev–Trinajstić information content (AvgIpc) is 3.27. The van der Waals surface area contributed by atoms with Crippen LogP contribution < -0.4 is 37.2 Å². The van der Waals surface area contributed by atoms with Gasteiger partial charge in [-0.25, -0.2) is 0 Å². The molecule has 1 heterocycles. The summed E-state index contributed by atoms with van der Waals surface area (Å²) in [6.45, 7) is 14.8. The molecule has 1 rings (SSSR count). The van der Waals surface area contributed by atoms with Crippen molar-refractivity contribution in [3.63, 3.8) is 0 Å². The van der Waals surface area contributed by atoms with Gasteiger partial charge in [0.1, 0.15) is 18.8 Å². The minimum absolute atomic E-state index is 0.00271. The fourth-order valence-corrected chi connectivity index (χ4v) is 6.84. The van der Waals surface area contributed by atoms with Crippen LogP contribution in [0.15, 0.2) is 0 Å². The summed E-state index contributed by atoms with van der Waals surface area (Å²) in [6, 6.07) is -1.17. The average molecular weight is 1000 g/mol. The number of esters is 3. The van der Waals surface area contributed by atoms with E-state index in [1.165, 1.54) is 20.8 Å². The molecular formula is C45H77N7O18. The van der Waals surface area contributed by atoms with Crippen molar-refractivity contribution in [2.45, 2.75) is 125 Å². The molecule has 7 amide bonds. The van der Waals surface area contributed by atoms with Gasteiger partial charge in [-0.3, -0.25) is 47.9 Å². The van der Waals surface area contributed by atoms with Crippen LogP contribution in [0.4, 0.5) is 0 Å². The second kappa shape index (κ2) is 34.7. The first-order chi connectivity index (χ1) is 33.1. The van der Waals surface area contributed by atoms with E-state index in [1.807, 2.05) is 13.8 Å². The second-order valence-electron chi connectivity index (χ2n) is 17.1. The van der Waals surface area contributed by atoms with Crippen molar-refractivity contribution in [3.05, 3.63) is 0 Å². The summed E-state index contributed by atoms with van der Waals surface area (Å²) >= 11 is 0. The first-order valence-electron chi connectivity index (χ1n) is 23.4. The predicted molar refractivity (Wildman–Crippen MR) is 247 cm³/mol. The SMILES string of the molecule is CC(=O)NCCNC(=O)CCOCC(COCCC(=O)NCCNC=O)(COCCC(=O)NCCNC(=O)C(C)CC(C)OC1OC(COC(C)=O)C(OC(C)=O)C(OC(C)=O)C1NC(C)=O)C(C)C. The van der Waals surface area contributed by atoms with Crippen molar-refractivity contribution in [1.29, 1.82) is 0 Å². The number of amides is 7. The Kier molecular flexibility index (Phi) is 31.0. The Hall–Kier alpha value is -5.50. The Morgan fingerprint density at radius 1 is 0.600 bits per heavy atom. The molecular weight excluding hydrogens is 927 g/mol. The Bertz CT molecular complexity index is 1690. The van der Waals surface area contributed by atoms with Gasteiger partial charge in [-0.15, -0.1) is 0 Å².